The number of anilines is 1. The van der Waals surface area contributed by atoms with E-state index in [1.54, 1.807) is 6.07 Å². The number of nitrogens with one attached hydrogen (secondary N) is 2. The van der Waals surface area contributed by atoms with Crippen molar-refractivity contribution in [2.24, 2.45) is 0 Å². The summed E-state index contributed by atoms with van der Waals surface area (Å²) < 4.78 is 5.44. The van der Waals surface area contributed by atoms with Crippen molar-refractivity contribution in [1.82, 2.24) is 25.5 Å². The fourth-order valence-corrected chi connectivity index (χ4v) is 5.74. The molecule has 2 atom stereocenters. The van der Waals surface area contributed by atoms with Gasteiger partial charge in [-0.2, -0.15) is 5.21 Å². The van der Waals surface area contributed by atoms with Crippen molar-refractivity contribution in [2.75, 3.05) is 18.4 Å². The molecule has 2 N–H and O–H groups in total. The maximum absolute atomic E-state index is 12.6. The van der Waals surface area contributed by atoms with Gasteiger partial charge in [-0.05, 0) is 51.7 Å². The van der Waals surface area contributed by atoms with Crippen LogP contribution in [0, 0.1) is 0 Å². The Kier molecular flexibility index (Phi) is 8.02. The first-order chi connectivity index (χ1) is 20.1. The number of amides is 1. The number of benzene rings is 4. The number of tetrazole rings is 1. The molecule has 1 aliphatic heterocycles. The topological polar surface area (TPSA) is 96.0 Å². The highest BCUT2D eigenvalue weighted by Crippen LogP contribution is 2.42. The van der Waals surface area contributed by atoms with Crippen molar-refractivity contribution in [2.45, 2.75) is 25.0 Å². The van der Waals surface area contributed by atoms with Crippen LogP contribution in [0.1, 0.15) is 34.1 Å². The van der Waals surface area contributed by atoms with Crippen molar-refractivity contribution in [3.8, 4) is 11.4 Å². The van der Waals surface area contributed by atoms with Gasteiger partial charge >= 0.3 is 6.09 Å². The number of hydrogen-bond acceptors (Lipinski definition) is 6. The molecule has 1 amide bonds. The second kappa shape index (κ2) is 12.3. The lowest BCUT2D eigenvalue weighted by molar-refractivity contribution is 0.155. The molecule has 0 unspecified atom stereocenters. The highest BCUT2D eigenvalue weighted by atomic mass is 35.5. The summed E-state index contributed by atoms with van der Waals surface area (Å²) in [6.45, 7) is 2.74. The number of aromatic nitrogens is 4. The van der Waals surface area contributed by atoms with Crippen molar-refractivity contribution in [3.05, 3.63) is 130 Å². The molecule has 2 heterocycles. The summed E-state index contributed by atoms with van der Waals surface area (Å²) >= 11 is 6.60. The molecular weight excluding hydrogens is 536 g/mol. The minimum atomic E-state index is -0.524. The first kappa shape index (κ1) is 26.7. The van der Waals surface area contributed by atoms with E-state index in [1.807, 2.05) is 60.7 Å². The van der Waals surface area contributed by atoms with Crippen LogP contribution in [-0.4, -0.2) is 44.7 Å². The first-order valence-electron chi connectivity index (χ1n) is 13.5. The van der Waals surface area contributed by atoms with E-state index in [2.05, 4.69) is 67.2 Å². The number of ether oxygens (including phenoxy) is 1. The van der Waals surface area contributed by atoms with Crippen LogP contribution in [0.15, 0.2) is 103 Å². The number of rotatable bonds is 8. The van der Waals surface area contributed by atoms with E-state index in [0.717, 1.165) is 36.3 Å². The van der Waals surface area contributed by atoms with Gasteiger partial charge in [0.1, 0.15) is 6.61 Å². The molecule has 0 spiro atoms. The molecule has 1 saturated heterocycles. The summed E-state index contributed by atoms with van der Waals surface area (Å²) in [5, 5.41) is 18.0. The maximum atomic E-state index is 12.6. The Balaban J connectivity index is 1.26. The van der Waals surface area contributed by atoms with Gasteiger partial charge in [0.05, 0.1) is 0 Å². The molecule has 0 aliphatic carbocycles. The smallest absolute Gasteiger partial charge is 0.411 e. The zero-order valence-corrected chi connectivity index (χ0v) is 23.0. The van der Waals surface area contributed by atoms with Gasteiger partial charge in [-0.3, -0.25) is 10.2 Å². The summed E-state index contributed by atoms with van der Waals surface area (Å²) in [6, 6.07) is 34.1. The van der Waals surface area contributed by atoms with Crippen LogP contribution in [0.4, 0.5) is 10.5 Å². The monoisotopic (exact) mass is 564 g/mol. The number of H-pyrrole nitrogens is 1. The Bertz CT molecular complexity index is 1600. The van der Waals surface area contributed by atoms with Gasteiger partial charge in [0.25, 0.3) is 0 Å². The predicted octanol–water partition coefficient (Wildman–Crippen LogP) is 6.65. The normalized spacial score (nSPS) is 16.9. The van der Waals surface area contributed by atoms with Crippen molar-refractivity contribution < 1.29 is 9.53 Å². The van der Waals surface area contributed by atoms with E-state index in [1.165, 1.54) is 11.1 Å². The molecule has 6 rings (SSSR count). The first-order valence-corrected chi connectivity index (χ1v) is 13.9. The average molecular weight is 565 g/mol. The predicted molar refractivity (Wildman–Crippen MR) is 159 cm³/mol. The number of carbonyl (C=O) groups excluding carboxylic acids is 1. The molecular formula is C32H29ClN6O2. The van der Waals surface area contributed by atoms with Crippen LogP contribution in [0.2, 0.25) is 5.02 Å². The van der Waals surface area contributed by atoms with Gasteiger partial charge in [-0.15, -0.1) is 10.2 Å². The third-order valence-electron chi connectivity index (χ3n) is 7.37. The van der Waals surface area contributed by atoms with Crippen LogP contribution in [0.25, 0.3) is 11.4 Å². The van der Waals surface area contributed by atoms with Gasteiger partial charge in [0, 0.05) is 47.7 Å². The fraction of sp³-hybridized carbons (Fsp3) is 0.188. The number of carbonyl (C=O) groups is 1. The quantitative estimate of drug-likeness (QED) is 0.219. The van der Waals surface area contributed by atoms with Gasteiger partial charge in [-0.25, -0.2) is 4.79 Å². The zero-order chi connectivity index (χ0) is 28.0. The Morgan fingerprint density at radius 1 is 0.878 bits per heavy atom. The van der Waals surface area contributed by atoms with E-state index < -0.39 is 6.09 Å². The molecule has 5 aromatic rings. The molecule has 1 fully saturated rings. The number of aromatic amines is 1. The SMILES string of the molecule is O=C(Nc1cc(Cl)cc([C@H]2CN(Cc3ccccc3)C[C@@H]2c2cccc(-c3nn[nH]n3)c2)c1)OCc1ccccc1. The van der Waals surface area contributed by atoms with Crippen LogP contribution in [0.3, 0.4) is 0 Å². The van der Waals surface area contributed by atoms with Crippen molar-refractivity contribution in [3.63, 3.8) is 0 Å². The number of hydrogen-bond donors (Lipinski definition) is 2. The molecule has 1 aromatic heterocycles. The van der Waals surface area contributed by atoms with Gasteiger partial charge in [0.2, 0.25) is 5.82 Å². The van der Waals surface area contributed by atoms with Crippen LogP contribution in [0.5, 0.6) is 0 Å². The van der Waals surface area contributed by atoms with E-state index in [-0.39, 0.29) is 18.4 Å². The van der Waals surface area contributed by atoms with E-state index in [9.17, 15) is 4.79 Å². The lowest BCUT2D eigenvalue weighted by Crippen LogP contribution is -2.20. The zero-order valence-electron chi connectivity index (χ0n) is 22.3. The minimum absolute atomic E-state index is 0.138. The summed E-state index contributed by atoms with van der Waals surface area (Å²) in [4.78, 5) is 15.1. The molecule has 1 aliphatic rings. The highest BCUT2D eigenvalue weighted by Gasteiger charge is 2.35. The third-order valence-corrected chi connectivity index (χ3v) is 7.59. The molecule has 41 heavy (non-hydrogen) atoms. The fourth-order valence-electron chi connectivity index (χ4n) is 5.50. The van der Waals surface area contributed by atoms with E-state index in [4.69, 9.17) is 16.3 Å². The van der Waals surface area contributed by atoms with E-state index in [0.29, 0.717) is 16.5 Å². The van der Waals surface area contributed by atoms with E-state index >= 15 is 0 Å². The lowest BCUT2D eigenvalue weighted by atomic mass is 9.83. The molecule has 8 nitrogen and oxygen atoms in total. The standard InChI is InChI=1S/C32H29ClN6O2/c33-27-15-26(16-28(17-27)34-32(40)41-21-23-10-5-2-6-11-23)30-20-39(18-22-8-3-1-4-9-22)19-29(30)24-12-7-13-25(14-24)31-35-37-38-36-31/h1-17,29-30H,18-21H2,(H,34,40)(H,35,36,37,38)/t29-,30-/m1/s1. The summed E-state index contributed by atoms with van der Waals surface area (Å²) in [5.41, 5.74) is 5.94. The van der Waals surface area contributed by atoms with Gasteiger partial charge in [-0.1, -0.05) is 90.5 Å². The third kappa shape index (κ3) is 6.62. The molecule has 0 saturated carbocycles. The summed E-state index contributed by atoms with van der Waals surface area (Å²) in [7, 11) is 0. The molecule has 4 aromatic carbocycles. The Labute approximate surface area is 243 Å². The van der Waals surface area contributed by atoms with Crippen LogP contribution >= 0.6 is 11.6 Å². The lowest BCUT2D eigenvalue weighted by Gasteiger charge is -2.21. The maximum Gasteiger partial charge on any atom is 0.411 e. The summed E-state index contributed by atoms with van der Waals surface area (Å²) in [6.07, 6.45) is -0.524. The second-order valence-electron chi connectivity index (χ2n) is 10.2. The highest BCUT2D eigenvalue weighted by molar-refractivity contribution is 6.31. The molecule has 206 valence electrons. The Morgan fingerprint density at radius 3 is 2.34 bits per heavy atom. The Morgan fingerprint density at radius 2 is 1.61 bits per heavy atom. The largest absolute Gasteiger partial charge is 0.444 e. The Hall–Kier alpha value is -4.53. The minimum Gasteiger partial charge on any atom is -0.444 e. The van der Waals surface area contributed by atoms with Crippen LogP contribution < -0.4 is 5.32 Å². The van der Waals surface area contributed by atoms with Crippen LogP contribution in [-0.2, 0) is 17.9 Å². The van der Waals surface area contributed by atoms with Gasteiger partial charge in [0.15, 0.2) is 0 Å². The van der Waals surface area contributed by atoms with Crippen molar-refractivity contribution >= 4 is 23.4 Å². The average Bonchev–Trinajstić information content (AvgIpc) is 3.68. The van der Waals surface area contributed by atoms with Crippen molar-refractivity contribution in [1.29, 1.82) is 0 Å². The number of halogens is 1. The molecule has 9 heteroatoms. The van der Waals surface area contributed by atoms with Gasteiger partial charge < -0.3 is 4.74 Å². The second-order valence-corrected chi connectivity index (χ2v) is 10.6. The molecule has 0 radical (unpaired) electrons. The molecule has 0 bridgehead atoms. The summed E-state index contributed by atoms with van der Waals surface area (Å²) in [5.74, 6) is 0.881. The number of nitrogens with zero attached hydrogens (tertiary/aromatic N) is 4. The number of likely N-dealkylation sites (tertiary alicyclic amines) is 1.